The summed E-state index contributed by atoms with van der Waals surface area (Å²) in [4.78, 5) is 14.5. The molecule has 0 unspecified atom stereocenters. The van der Waals surface area contributed by atoms with Gasteiger partial charge in [-0.2, -0.15) is 0 Å². The number of aryl methyl sites for hydroxylation is 1. The van der Waals surface area contributed by atoms with Crippen molar-refractivity contribution in [3.05, 3.63) is 32.9 Å². The van der Waals surface area contributed by atoms with Gasteiger partial charge >= 0.3 is 0 Å². The maximum absolute atomic E-state index is 12.5. The summed E-state index contributed by atoms with van der Waals surface area (Å²) >= 11 is 2.28. The van der Waals surface area contributed by atoms with E-state index in [2.05, 4.69) is 40.9 Å². The van der Waals surface area contributed by atoms with Crippen LogP contribution in [0.2, 0.25) is 0 Å². The lowest BCUT2D eigenvalue weighted by Crippen LogP contribution is -2.40. The van der Waals surface area contributed by atoms with Gasteiger partial charge in [0.25, 0.3) is 5.91 Å². The van der Waals surface area contributed by atoms with Crippen molar-refractivity contribution >= 4 is 28.5 Å². The Kier molecular flexibility index (Phi) is 5.21. The molecule has 19 heavy (non-hydrogen) atoms. The third kappa shape index (κ3) is 3.48. The van der Waals surface area contributed by atoms with Crippen LogP contribution in [-0.4, -0.2) is 37.5 Å². The Hall–Kier alpha value is -0.620. The molecule has 1 aliphatic heterocycles. The van der Waals surface area contributed by atoms with E-state index in [1.54, 1.807) is 0 Å². The average Bonchev–Trinajstić information content (AvgIpc) is 2.42. The van der Waals surface area contributed by atoms with Gasteiger partial charge in [0.2, 0.25) is 0 Å². The van der Waals surface area contributed by atoms with Crippen molar-refractivity contribution in [1.82, 2.24) is 10.2 Å². The van der Waals surface area contributed by atoms with E-state index in [1.165, 1.54) is 5.56 Å². The zero-order valence-corrected chi connectivity index (χ0v) is 13.7. The van der Waals surface area contributed by atoms with Crippen molar-refractivity contribution in [3.8, 4) is 0 Å². The fraction of sp³-hybridized carbons (Fsp3) is 0.533. The molecule has 0 atom stereocenters. The molecule has 0 saturated carbocycles. The van der Waals surface area contributed by atoms with E-state index in [4.69, 9.17) is 0 Å². The topological polar surface area (TPSA) is 32.3 Å². The predicted molar refractivity (Wildman–Crippen MR) is 86.5 cm³/mol. The lowest BCUT2D eigenvalue weighted by atomic mass is 9.96. The number of halogens is 1. The summed E-state index contributed by atoms with van der Waals surface area (Å²) in [6, 6.07) is 5.97. The second kappa shape index (κ2) is 6.70. The molecule has 0 bridgehead atoms. The number of likely N-dealkylation sites (tertiary alicyclic amines) is 1. The van der Waals surface area contributed by atoms with Crippen LogP contribution >= 0.6 is 22.6 Å². The van der Waals surface area contributed by atoms with Crippen LogP contribution in [0.4, 0.5) is 0 Å². The van der Waals surface area contributed by atoms with Gasteiger partial charge in [0.05, 0.1) is 5.56 Å². The molecule has 0 aliphatic carbocycles. The Bertz CT molecular complexity index is 453. The van der Waals surface area contributed by atoms with Crippen LogP contribution in [0.5, 0.6) is 0 Å². The molecular weight excluding hydrogens is 351 g/mol. The first-order valence-corrected chi connectivity index (χ1v) is 7.90. The third-order valence-corrected chi connectivity index (χ3v) is 5.25. The van der Waals surface area contributed by atoms with E-state index in [0.717, 1.165) is 41.6 Å². The molecule has 1 amide bonds. The Balaban J connectivity index is 2.03. The van der Waals surface area contributed by atoms with Crippen LogP contribution in [0, 0.1) is 16.4 Å². The highest BCUT2D eigenvalue weighted by Crippen LogP contribution is 2.22. The van der Waals surface area contributed by atoms with Gasteiger partial charge in [-0.3, -0.25) is 4.79 Å². The monoisotopic (exact) mass is 372 g/mol. The molecule has 4 heteroatoms. The number of rotatable bonds is 3. The lowest BCUT2D eigenvalue weighted by Gasteiger charge is -2.32. The minimum absolute atomic E-state index is 0.191. The second-order valence-corrected chi connectivity index (χ2v) is 6.31. The van der Waals surface area contributed by atoms with Crippen LogP contribution in [0.3, 0.4) is 0 Å². The molecule has 1 heterocycles. The van der Waals surface area contributed by atoms with Crippen molar-refractivity contribution in [1.29, 1.82) is 0 Å². The number of amides is 1. The van der Waals surface area contributed by atoms with Gasteiger partial charge in [0.15, 0.2) is 0 Å². The van der Waals surface area contributed by atoms with E-state index in [0.29, 0.717) is 5.92 Å². The van der Waals surface area contributed by atoms with Crippen molar-refractivity contribution < 1.29 is 4.79 Å². The molecule has 3 nitrogen and oxygen atoms in total. The van der Waals surface area contributed by atoms with E-state index in [-0.39, 0.29) is 5.91 Å². The van der Waals surface area contributed by atoms with E-state index in [1.807, 2.05) is 24.1 Å². The maximum Gasteiger partial charge on any atom is 0.254 e. The van der Waals surface area contributed by atoms with Crippen molar-refractivity contribution in [3.63, 3.8) is 0 Å². The number of nitrogens with zero attached hydrogens (tertiary/aromatic N) is 1. The highest BCUT2D eigenvalue weighted by atomic mass is 127. The van der Waals surface area contributed by atoms with E-state index < -0.39 is 0 Å². The Morgan fingerprint density at radius 2 is 2.11 bits per heavy atom. The van der Waals surface area contributed by atoms with Gasteiger partial charge in [0, 0.05) is 16.7 Å². The molecule has 0 spiro atoms. The Labute approximate surface area is 128 Å². The predicted octanol–water partition coefficient (Wildman–Crippen LogP) is 2.67. The normalized spacial score (nSPS) is 16.7. The average molecular weight is 372 g/mol. The molecule has 2 rings (SSSR count). The number of piperidine rings is 1. The number of hydrogen-bond acceptors (Lipinski definition) is 2. The van der Waals surface area contributed by atoms with Gasteiger partial charge in [0.1, 0.15) is 0 Å². The van der Waals surface area contributed by atoms with Gasteiger partial charge in [-0.15, -0.1) is 0 Å². The van der Waals surface area contributed by atoms with Crippen molar-refractivity contribution in [2.24, 2.45) is 5.92 Å². The molecule has 1 aliphatic rings. The number of hydrogen-bond donors (Lipinski definition) is 1. The van der Waals surface area contributed by atoms with Crippen LogP contribution < -0.4 is 5.32 Å². The standard InChI is InChI=1S/C15H21IN2O/c1-11-4-3-5-13(14(11)16)15(19)18-8-6-12(7-9-18)10-17-2/h3-5,12,17H,6-10H2,1-2H3. The highest BCUT2D eigenvalue weighted by molar-refractivity contribution is 14.1. The molecular formula is C15H21IN2O. The fourth-order valence-corrected chi connectivity index (χ4v) is 3.20. The number of carbonyl (C=O) groups is 1. The Morgan fingerprint density at radius 1 is 1.42 bits per heavy atom. The Morgan fingerprint density at radius 3 is 2.74 bits per heavy atom. The molecule has 0 radical (unpaired) electrons. The lowest BCUT2D eigenvalue weighted by molar-refractivity contribution is 0.0689. The zero-order valence-electron chi connectivity index (χ0n) is 11.6. The largest absolute Gasteiger partial charge is 0.339 e. The van der Waals surface area contributed by atoms with Crippen LogP contribution in [0.15, 0.2) is 18.2 Å². The molecule has 1 aromatic carbocycles. The first-order chi connectivity index (χ1) is 9.13. The highest BCUT2D eigenvalue weighted by Gasteiger charge is 2.24. The third-order valence-electron chi connectivity index (χ3n) is 3.82. The zero-order chi connectivity index (χ0) is 13.8. The first-order valence-electron chi connectivity index (χ1n) is 6.82. The summed E-state index contributed by atoms with van der Waals surface area (Å²) in [6.45, 7) is 4.88. The molecule has 1 fully saturated rings. The van der Waals surface area contributed by atoms with Crippen molar-refractivity contribution in [2.75, 3.05) is 26.7 Å². The summed E-state index contributed by atoms with van der Waals surface area (Å²) in [5, 5.41) is 3.23. The smallest absolute Gasteiger partial charge is 0.254 e. The first kappa shape index (κ1) is 14.8. The van der Waals surface area contributed by atoms with Crippen LogP contribution in [0.25, 0.3) is 0 Å². The van der Waals surface area contributed by atoms with E-state index in [9.17, 15) is 4.79 Å². The number of carbonyl (C=O) groups excluding carboxylic acids is 1. The quantitative estimate of drug-likeness (QED) is 0.828. The second-order valence-electron chi connectivity index (χ2n) is 5.23. The molecule has 104 valence electrons. The van der Waals surface area contributed by atoms with Gasteiger partial charge < -0.3 is 10.2 Å². The van der Waals surface area contributed by atoms with Gasteiger partial charge in [-0.25, -0.2) is 0 Å². The number of benzene rings is 1. The van der Waals surface area contributed by atoms with Crippen LogP contribution in [-0.2, 0) is 0 Å². The van der Waals surface area contributed by atoms with Crippen LogP contribution in [0.1, 0.15) is 28.8 Å². The molecule has 1 N–H and O–H groups in total. The summed E-state index contributed by atoms with van der Waals surface area (Å²) in [5.41, 5.74) is 2.03. The summed E-state index contributed by atoms with van der Waals surface area (Å²) in [6.07, 6.45) is 2.21. The SMILES string of the molecule is CNCC1CCN(C(=O)c2cccc(C)c2I)CC1. The summed E-state index contributed by atoms with van der Waals surface area (Å²) in [7, 11) is 1.99. The minimum Gasteiger partial charge on any atom is -0.339 e. The number of nitrogens with one attached hydrogen (secondary N) is 1. The molecule has 0 aromatic heterocycles. The van der Waals surface area contributed by atoms with Crippen molar-refractivity contribution in [2.45, 2.75) is 19.8 Å². The van der Waals surface area contributed by atoms with E-state index >= 15 is 0 Å². The molecule has 1 saturated heterocycles. The fourth-order valence-electron chi connectivity index (χ4n) is 2.61. The maximum atomic E-state index is 12.5. The summed E-state index contributed by atoms with van der Waals surface area (Å²) < 4.78 is 1.09. The molecule has 1 aromatic rings. The van der Waals surface area contributed by atoms with Gasteiger partial charge in [-0.05, 0) is 73.5 Å². The summed E-state index contributed by atoms with van der Waals surface area (Å²) in [5.74, 6) is 0.904. The van der Waals surface area contributed by atoms with Gasteiger partial charge in [-0.1, -0.05) is 12.1 Å². The minimum atomic E-state index is 0.191.